The smallest absolute Gasteiger partial charge is 0.245 e. The Morgan fingerprint density at radius 1 is 1.52 bits per heavy atom. The van der Waals surface area contributed by atoms with E-state index in [1.165, 1.54) is 4.31 Å². The predicted octanol–water partition coefficient (Wildman–Crippen LogP) is 0.941. The van der Waals surface area contributed by atoms with E-state index in [0.717, 1.165) is 12.1 Å². The number of rotatable bonds is 3. The van der Waals surface area contributed by atoms with Crippen LogP contribution in [0.3, 0.4) is 0 Å². The van der Waals surface area contributed by atoms with Gasteiger partial charge in [0.05, 0.1) is 29.0 Å². The first-order chi connectivity index (χ1) is 9.75. The van der Waals surface area contributed by atoms with Crippen LogP contribution in [0.2, 0.25) is 0 Å². The van der Waals surface area contributed by atoms with Gasteiger partial charge in [-0.25, -0.2) is 12.8 Å². The van der Waals surface area contributed by atoms with Crippen LogP contribution in [0, 0.1) is 5.82 Å². The van der Waals surface area contributed by atoms with Crippen LogP contribution in [0.4, 0.5) is 10.1 Å². The van der Waals surface area contributed by atoms with Gasteiger partial charge in [-0.3, -0.25) is 0 Å². The van der Waals surface area contributed by atoms with Crippen molar-refractivity contribution in [2.75, 3.05) is 25.4 Å². The van der Waals surface area contributed by atoms with Gasteiger partial charge in [-0.05, 0) is 35.0 Å². The van der Waals surface area contributed by atoms with E-state index in [1.54, 1.807) is 6.92 Å². The summed E-state index contributed by atoms with van der Waals surface area (Å²) in [4.78, 5) is -0.165. The number of nitrogens with zero attached hydrogens (tertiary/aromatic N) is 1. The molecule has 0 spiro atoms. The molecule has 2 unspecified atom stereocenters. The van der Waals surface area contributed by atoms with E-state index >= 15 is 0 Å². The molecule has 1 heterocycles. The second kappa shape index (κ2) is 6.17. The highest BCUT2D eigenvalue weighted by atomic mass is 79.9. The fourth-order valence-electron chi connectivity index (χ4n) is 2.21. The number of anilines is 1. The Hall–Kier alpha value is -0.740. The molecule has 1 aliphatic heterocycles. The minimum absolute atomic E-state index is 0.0234. The number of aliphatic hydroxyl groups excluding tert-OH is 1. The van der Waals surface area contributed by atoms with Gasteiger partial charge in [0.1, 0.15) is 10.7 Å². The zero-order chi connectivity index (χ0) is 15.8. The minimum Gasteiger partial charge on any atom is -0.398 e. The Morgan fingerprint density at radius 3 is 2.81 bits per heavy atom. The summed E-state index contributed by atoms with van der Waals surface area (Å²) in [6, 6.07) is 2.11. The maximum atomic E-state index is 13.4. The van der Waals surface area contributed by atoms with E-state index in [1.807, 2.05) is 0 Å². The van der Waals surface area contributed by atoms with Gasteiger partial charge in [0.15, 0.2) is 0 Å². The van der Waals surface area contributed by atoms with E-state index in [-0.39, 0.29) is 40.9 Å². The lowest BCUT2D eigenvalue weighted by Crippen LogP contribution is -2.50. The zero-order valence-electron chi connectivity index (χ0n) is 11.3. The minimum atomic E-state index is -3.89. The van der Waals surface area contributed by atoms with E-state index in [0.29, 0.717) is 0 Å². The maximum Gasteiger partial charge on any atom is 0.245 e. The van der Waals surface area contributed by atoms with Crippen molar-refractivity contribution in [3.05, 3.63) is 22.4 Å². The van der Waals surface area contributed by atoms with Crippen LogP contribution in [0.15, 0.2) is 21.5 Å². The molecule has 21 heavy (non-hydrogen) atoms. The SMILES string of the molecule is CC1CN(S(=O)(=O)c2cc(Br)c(F)cc2N)CC(CO)O1. The largest absolute Gasteiger partial charge is 0.398 e. The van der Waals surface area contributed by atoms with Crippen LogP contribution < -0.4 is 5.73 Å². The quantitative estimate of drug-likeness (QED) is 0.758. The van der Waals surface area contributed by atoms with Gasteiger partial charge in [0.2, 0.25) is 10.0 Å². The summed E-state index contributed by atoms with van der Waals surface area (Å²) in [5.74, 6) is -0.630. The highest BCUT2D eigenvalue weighted by molar-refractivity contribution is 9.10. The molecule has 3 N–H and O–H groups in total. The van der Waals surface area contributed by atoms with E-state index < -0.39 is 21.9 Å². The Morgan fingerprint density at radius 2 is 2.19 bits per heavy atom. The first-order valence-electron chi connectivity index (χ1n) is 6.26. The van der Waals surface area contributed by atoms with Crippen LogP contribution in [-0.2, 0) is 14.8 Å². The third kappa shape index (κ3) is 3.37. The Bertz CT molecular complexity index is 640. The highest BCUT2D eigenvalue weighted by Crippen LogP contribution is 2.29. The molecule has 2 rings (SSSR count). The maximum absolute atomic E-state index is 13.4. The fraction of sp³-hybridized carbons (Fsp3) is 0.500. The number of nitrogens with two attached hydrogens (primary N) is 1. The number of nitrogen functional groups attached to an aromatic ring is 1. The van der Waals surface area contributed by atoms with Crippen molar-refractivity contribution in [1.29, 1.82) is 0 Å². The Labute approximate surface area is 130 Å². The zero-order valence-corrected chi connectivity index (χ0v) is 13.7. The van der Waals surface area contributed by atoms with Crippen LogP contribution in [0.5, 0.6) is 0 Å². The lowest BCUT2D eigenvalue weighted by atomic mass is 10.2. The molecular weight excluding hydrogens is 367 g/mol. The number of hydrogen-bond acceptors (Lipinski definition) is 5. The molecule has 1 saturated heterocycles. The third-order valence-electron chi connectivity index (χ3n) is 3.17. The molecule has 0 saturated carbocycles. The molecular formula is C12H16BrFN2O4S. The molecule has 0 amide bonds. The number of benzene rings is 1. The predicted molar refractivity (Wildman–Crippen MR) is 78.7 cm³/mol. The average molecular weight is 383 g/mol. The monoisotopic (exact) mass is 382 g/mol. The van der Waals surface area contributed by atoms with Crippen molar-refractivity contribution in [2.45, 2.75) is 24.0 Å². The summed E-state index contributed by atoms with van der Waals surface area (Å²) in [7, 11) is -3.89. The van der Waals surface area contributed by atoms with E-state index in [9.17, 15) is 12.8 Å². The molecule has 1 aromatic carbocycles. The van der Waals surface area contributed by atoms with Crippen molar-refractivity contribution in [1.82, 2.24) is 4.31 Å². The van der Waals surface area contributed by atoms with Crippen molar-refractivity contribution in [3.63, 3.8) is 0 Å². The number of hydrogen-bond donors (Lipinski definition) is 2. The second-order valence-electron chi connectivity index (χ2n) is 4.88. The summed E-state index contributed by atoms with van der Waals surface area (Å²) in [6.07, 6.45) is -0.940. The molecule has 1 aromatic rings. The summed E-state index contributed by atoms with van der Waals surface area (Å²) < 4.78 is 45.3. The van der Waals surface area contributed by atoms with Crippen LogP contribution in [0.1, 0.15) is 6.92 Å². The van der Waals surface area contributed by atoms with Gasteiger partial charge in [0, 0.05) is 13.1 Å². The number of halogens is 2. The molecule has 0 bridgehead atoms. The number of aliphatic hydroxyl groups is 1. The molecule has 6 nitrogen and oxygen atoms in total. The first-order valence-corrected chi connectivity index (χ1v) is 8.50. The van der Waals surface area contributed by atoms with Crippen LogP contribution >= 0.6 is 15.9 Å². The van der Waals surface area contributed by atoms with Crippen LogP contribution in [0.25, 0.3) is 0 Å². The van der Waals surface area contributed by atoms with E-state index in [4.69, 9.17) is 15.6 Å². The molecule has 1 aliphatic rings. The number of ether oxygens (including phenoxy) is 1. The average Bonchev–Trinajstić information content (AvgIpc) is 2.41. The van der Waals surface area contributed by atoms with Crippen molar-refractivity contribution < 1.29 is 22.7 Å². The standard InChI is InChI=1S/C12H16BrFN2O4S/c1-7-4-16(5-8(6-17)20-7)21(18,19)12-2-9(13)10(14)3-11(12)15/h2-3,7-8,17H,4-6,15H2,1H3. The topological polar surface area (TPSA) is 92.9 Å². The third-order valence-corrected chi connectivity index (χ3v) is 5.66. The number of morpholine rings is 1. The molecule has 0 aromatic heterocycles. The van der Waals surface area contributed by atoms with Crippen molar-refractivity contribution in [2.24, 2.45) is 0 Å². The Balaban J connectivity index is 2.40. The van der Waals surface area contributed by atoms with Gasteiger partial charge in [-0.15, -0.1) is 0 Å². The number of sulfonamides is 1. The van der Waals surface area contributed by atoms with Crippen LogP contribution in [-0.4, -0.2) is 49.7 Å². The van der Waals surface area contributed by atoms with Gasteiger partial charge < -0.3 is 15.6 Å². The van der Waals surface area contributed by atoms with Crippen molar-refractivity contribution >= 4 is 31.6 Å². The second-order valence-corrected chi connectivity index (χ2v) is 7.64. The van der Waals surface area contributed by atoms with Gasteiger partial charge in [-0.1, -0.05) is 0 Å². The summed E-state index contributed by atoms with van der Waals surface area (Å²) in [5, 5.41) is 9.17. The molecule has 2 atom stereocenters. The van der Waals surface area contributed by atoms with Gasteiger partial charge >= 0.3 is 0 Å². The summed E-state index contributed by atoms with van der Waals surface area (Å²) in [5.41, 5.74) is 5.48. The Kier molecular flexibility index (Phi) is 4.89. The molecule has 118 valence electrons. The molecule has 1 fully saturated rings. The fourth-order valence-corrected chi connectivity index (χ4v) is 4.37. The lowest BCUT2D eigenvalue weighted by Gasteiger charge is -2.35. The van der Waals surface area contributed by atoms with Gasteiger partial charge in [-0.2, -0.15) is 4.31 Å². The normalized spacial score (nSPS) is 24.2. The summed E-state index contributed by atoms with van der Waals surface area (Å²) >= 11 is 2.96. The molecule has 0 aliphatic carbocycles. The first kappa shape index (κ1) is 16.6. The highest BCUT2D eigenvalue weighted by Gasteiger charge is 2.35. The van der Waals surface area contributed by atoms with Gasteiger partial charge in [0.25, 0.3) is 0 Å². The molecule has 9 heteroatoms. The molecule has 0 radical (unpaired) electrons. The van der Waals surface area contributed by atoms with Crippen molar-refractivity contribution in [3.8, 4) is 0 Å². The summed E-state index contributed by atoms with van der Waals surface area (Å²) in [6.45, 7) is 1.61. The van der Waals surface area contributed by atoms with E-state index in [2.05, 4.69) is 15.9 Å². The lowest BCUT2D eigenvalue weighted by molar-refractivity contribution is -0.0750.